The number of methoxy groups -OCH3 is 1. The van der Waals surface area contributed by atoms with Crippen LogP contribution in [0, 0.1) is 11.3 Å². The van der Waals surface area contributed by atoms with Gasteiger partial charge in [-0.3, -0.25) is 4.79 Å². The summed E-state index contributed by atoms with van der Waals surface area (Å²) in [5.41, 5.74) is -0.214. The molecule has 1 heterocycles. The summed E-state index contributed by atoms with van der Waals surface area (Å²) in [5.74, 6) is 0.387. The van der Waals surface area contributed by atoms with Gasteiger partial charge in [0.25, 0.3) is 0 Å². The standard InChI is InChI=1S/C12H16O4/c1-12(2)9(10(12)11(13)14)8-5-4-7(16-8)6-15-3/h4-5,9-10H,6H2,1-3H3,(H,13,14)/t9-,10+/m0/s1. The molecule has 2 rings (SSSR count). The Balaban J connectivity index is 2.17. The van der Waals surface area contributed by atoms with E-state index in [0.717, 1.165) is 11.5 Å². The van der Waals surface area contributed by atoms with Crippen LogP contribution in [0.2, 0.25) is 0 Å². The van der Waals surface area contributed by atoms with Crippen molar-refractivity contribution in [2.24, 2.45) is 11.3 Å². The van der Waals surface area contributed by atoms with Crippen LogP contribution in [0.25, 0.3) is 0 Å². The van der Waals surface area contributed by atoms with Crippen molar-refractivity contribution in [2.75, 3.05) is 7.11 Å². The average molecular weight is 224 g/mol. The Bertz CT molecular complexity index is 405. The Hall–Kier alpha value is -1.29. The SMILES string of the molecule is COCc1ccc([C@H]2[C@H](C(=O)O)C2(C)C)o1. The van der Waals surface area contributed by atoms with E-state index in [9.17, 15) is 4.79 Å². The van der Waals surface area contributed by atoms with Crippen molar-refractivity contribution in [1.82, 2.24) is 0 Å². The molecule has 0 unspecified atom stereocenters. The molecule has 0 amide bonds. The predicted molar refractivity (Wildman–Crippen MR) is 57.1 cm³/mol. The largest absolute Gasteiger partial charge is 0.481 e. The zero-order chi connectivity index (χ0) is 11.9. The first-order valence-electron chi connectivity index (χ1n) is 5.29. The van der Waals surface area contributed by atoms with Crippen LogP contribution < -0.4 is 0 Å². The lowest BCUT2D eigenvalue weighted by Crippen LogP contribution is -2.03. The molecule has 0 bridgehead atoms. The van der Waals surface area contributed by atoms with Gasteiger partial charge < -0.3 is 14.3 Å². The van der Waals surface area contributed by atoms with E-state index in [1.54, 1.807) is 7.11 Å². The maximum atomic E-state index is 11.0. The van der Waals surface area contributed by atoms with Crippen LogP contribution in [0.3, 0.4) is 0 Å². The second-order valence-corrected chi connectivity index (χ2v) is 4.85. The lowest BCUT2D eigenvalue weighted by atomic mass is 10.1. The Kier molecular flexibility index (Phi) is 2.54. The Morgan fingerprint density at radius 3 is 2.75 bits per heavy atom. The molecule has 1 aromatic heterocycles. The molecule has 0 radical (unpaired) electrons. The molecule has 16 heavy (non-hydrogen) atoms. The quantitative estimate of drug-likeness (QED) is 0.852. The van der Waals surface area contributed by atoms with Gasteiger partial charge in [-0.25, -0.2) is 0 Å². The number of furan rings is 1. The highest BCUT2D eigenvalue weighted by atomic mass is 16.5. The molecule has 1 aliphatic carbocycles. The van der Waals surface area contributed by atoms with Gasteiger partial charge in [-0.1, -0.05) is 13.8 Å². The van der Waals surface area contributed by atoms with E-state index >= 15 is 0 Å². The minimum atomic E-state index is -0.750. The molecular formula is C12H16O4. The van der Waals surface area contributed by atoms with Crippen LogP contribution in [0.15, 0.2) is 16.5 Å². The minimum absolute atomic E-state index is 0.0180. The van der Waals surface area contributed by atoms with Crippen molar-refractivity contribution in [3.63, 3.8) is 0 Å². The number of hydrogen-bond donors (Lipinski definition) is 1. The van der Waals surface area contributed by atoms with E-state index in [1.807, 2.05) is 26.0 Å². The van der Waals surface area contributed by atoms with Gasteiger partial charge in [0.2, 0.25) is 0 Å². The fourth-order valence-electron chi connectivity index (χ4n) is 2.41. The van der Waals surface area contributed by atoms with Crippen LogP contribution in [-0.2, 0) is 16.1 Å². The molecule has 1 N–H and O–H groups in total. The molecular weight excluding hydrogens is 208 g/mol. The molecule has 0 spiro atoms. The molecule has 0 aromatic carbocycles. The van der Waals surface area contributed by atoms with Gasteiger partial charge in [0, 0.05) is 13.0 Å². The zero-order valence-corrected chi connectivity index (χ0v) is 9.69. The third-order valence-electron chi connectivity index (χ3n) is 3.37. The summed E-state index contributed by atoms with van der Waals surface area (Å²) in [4.78, 5) is 11.0. The molecule has 1 saturated carbocycles. The summed E-state index contributed by atoms with van der Waals surface area (Å²) in [5, 5.41) is 9.06. The van der Waals surface area contributed by atoms with Gasteiger partial charge >= 0.3 is 5.97 Å². The van der Waals surface area contributed by atoms with Gasteiger partial charge in [-0.15, -0.1) is 0 Å². The topological polar surface area (TPSA) is 59.7 Å². The molecule has 88 valence electrons. The highest BCUT2D eigenvalue weighted by molar-refractivity contribution is 5.77. The van der Waals surface area contributed by atoms with Crippen LogP contribution in [-0.4, -0.2) is 18.2 Å². The van der Waals surface area contributed by atoms with E-state index in [2.05, 4.69) is 0 Å². The number of carboxylic acid groups (broad SMARTS) is 1. The van der Waals surface area contributed by atoms with Gasteiger partial charge in [0.05, 0.1) is 5.92 Å². The van der Waals surface area contributed by atoms with Crippen molar-refractivity contribution < 1.29 is 19.1 Å². The number of carbonyl (C=O) groups is 1. The first-order valence-corrected chi connectivity index (χ1v) is 5.29. The molecule has 1 aliphatic rings. The van der Waals surface area contributed by atoms with Crippen molar-refractivity contribution in [3.05, 3.63) is 23.7 Å². The summed E-state index contributed by atoms with van der Waals surface area (Å²) in [6.07, 6.45) is 0. The normalized spacial score (nSPS) is 26.7. The minimum Gasteiger partial charge on any atom is -0.481 e. The monoisotopic (exact) mass is 224 g/mol. The van der Waals surface area contributed by atoms with Crippen LogP contribution in [0.4, 0.5) is 0 Å². The number of aliphatic carboxylic acids is 1. The Morgan fingerprint density at radius 1 is 1.56 bits per heavy atom. The number of ether oxygens (including phenoxy) is 1. The second-order valence-electron chi connectivity index (χ2n) is 4.85. The van der Waals surface area contributed by atoms with Gasteiger partial charge in [-0.2, -0.15) is 0 Å². The van der Waals surface area contributed by atoms with Crippen molar-refractivity contribution in [2.45, 2.75) is 26.4 Å². The first-order chi connectivity index (χ1) is 7.48. The predicted octanol–water partition coefficient (Wildman–Crippen LogP) is 2.25. The van der Waals surface area contributed by atoms with E-state index in [4.69, 9.17) is 14.3 Å². The second kappa shape index (κ2) is 3.63. The summed E-state index contributed by atoms with van der Waals surface area (Å²) in [7, 11) is 1.60. The lowest BCUT2D eigenvalue weighted by Gasteiger charge is -1.98. The van der Waals surface area contributed by atoms with Crippen LogP contribution in [0.1, 0.15) is 31.3 Å². The van der Waals surface area contributed by atoms with Crippen LogP contribution in [0.5, 0.6) is 0 Å². The Morgan fingerprint density at radius 2 is 2.25 bits per heavy atom. The summed E-state index contributed by atoms with van der Waals surface area (Å²) >= 11 is 0. The molecule has 4 heteroatoms. The lowest BCUT2D eigenvalue weighted by molar-refractivity contribution is -0.139. The highest BCUT2D eigenvalue weighted by Gasteiger charge is 2.64. The molecule has 1 fully saturated rings. The average Bonchev–Trinajstić information content (AvgIpc) is 2.57. The highest BCUT2D eigenvalue weighted by Crippen LogP contribution is 2.64. The van der Waals surface area contributed by atoms with Gasteiger partial charge in [-0.05, 0) is 17.5 Å². The van der Waals surface area contributed by atoms with Crippen molar-refractivity contribution in [3.8, 4) is 0 Å². The number of rotatable bonds is 4. The van der Waals surface area contributed by atoms with Crippen molar-refractivity contribution in [1.29, 1.82) is 0 Å². The molecule has 2 atom stereocenters. The summed E-state index contributed by atoms with van der Waals surface area (Å²) in [6.45, 7) is 4.33. The Labute approximate surface area is 94.2 Å². The third kappa shape index (κ3) is 1.63. The number of hydrogen-bond acceptors (Lipinski definition) is 3. The molecule has 0 saturated heterocycles. The maximum absolute atomic E-state index is 11.0. The number of carboxylic acids is 1. The van der Waals surface area contributed by atoms with E-state index in [1.165, 1.54) is 0 Å². The van der Waals surface area contributed by atoms with Gasteiger partial charge in [0.15, 0.2) is 0 Å². The van der Waals surface area contributed by atoms with Gasteiger partial charge in [0.1, 0.15) is 18.1 Å². The zero-order valence-electron chi connectivity index (χ0n) is 9.69. The maximum Gasteiger partial charge on any atom is 0.307 e. The van der Waals surface area contributed by atoms with Crippen LogP contribution >= 0.6 is 0 Å². The van der Waals surface area contributed by atoms with E-state index in [-0.39, 0.29) is 17.3 Å². The summed E-state index contributed by atoms with van der Waals surface area (Å²) < 4.78 is 10.5. The fraction of sp³-hybridized carbons (Fsp3) is 0.583. The van der Waals surface area contributed by atoms with E-state index < -0.39 is 5.97 Å². The molecule has 4 nitrogen and oxygen atoms in total. The first kappa shape index (κ1) is 11.2. The fourth-order valence-corrected chi connectivity index (χ4v) is 2.41. The van der Waals surface area contributed by atoms with Crippen molar-refractivity contribution >= 4 is 5.97 Å². The third-order valence-corrected chi connectivity index (χ3v) is 3.37. The van der Waals surface area contributed by atoms with E-state index in [0.29, 0.717) is 6.61 Å². The molecule has 0 aliphatic heterocycles. The smallest absolute Gasteiger partial charge is 0.307 e. The summed E-state index contributed by atoms with van der Waals surface area (Å²) in [6, 6.07) is 3.69. The molecule has 1 aromatic rings.